The highest BCUT2D eigenvalue weighted by Gasteiger charge is 2.36. The molecule has 1 unspecified atom stereocenters. The summed E-state index contributed by atoms with van der Waals surface area (Å²) in [5, 5.41) is 6.20. The summed E-state index contributed by atoms with van der Waals surface area (Å²) in [5.74, 6) is 0.112. The van der Waals surface area contributed by atoms with Gasteiger partial charge in [-0.1, -0.05) is 17.7 Å². The second-order valence-corrected chi connectivity index (χ2v) is 4.81. The average molecular weight is 218 g/mol. The van der Waals surface area contributed by atoms with Crippen molar-refractivity contribution in [2.24, 2.45) is 5.41 Å². The number of hydrogen-bond acceptors (Lipinski definition) is 2. The van der Waals surface area contributed by atoms with Gasteiger partial charge in [0.25, 0.3) is 0 Å². The number of nitrogens with one attached hydrogen (secondary N) is 2. The van der Waals surface area contributed by atoms with Crippen LogP contribution in [0.3, 0.4) is 0 Å². The van der Waals surface area contributed by atoms with Crippen LogP contribution in [0.4, 0.5) is 5.69 Å². The van der Waals surface area contributed by atoms with Gasteiger partial charge in [0.15, 0.2) is 0 Å². The Morgan fingerprint density at radius 3 is 2.62 bits per heavy atom. The molecule has 1 fully saturated rings. The van der Waals surface area contributed by atoms with E-state index in [1.165, 1.54) is 5.56 Å². The molecule has 16 heavy (non-hydrogen) atoms. The van der Waals surface area contributed by atoms with Crippen LogP contribution in [0, 0.1) is 12.3 Å². The van der Waals surface area contributed by atoms with Crippen molar-refractivity contribution in [1.29, 1.82) is 0 Å². The fourth-order valence-corrected chi connectivity index (χ4v) is 1.93. The molecular weight excluding hydrogens is 200 g/mol. The van der Waals surface area contributed by atoms with Gasteiger partial charge >= 0.3 is 0 Å². The van der Waals surface area contributed by atoms with E-state index in [9.17, 15) is 4.79 Å². The number of amides is 1. The quantitative estimate of drug-likeness (QED) is 0.796. The minimum Gasteiger partial charge on any atom is -0.326 e. The van der Waals surface area contributed by atoms with E-state index in [-0.39, 0.29) is 11.3 Å². The van der Waals surface area contributed by atoms with Crippen LogP contribution in [-0.2, 0) is 4.79 Å². The summed E-state index contributed by atoms with van der Waals surface area (Å²) < 4.78 is 0. The largest absolute Gasteiger partial charge is 0.326 e. The summed E-state index contributed by atoms with van der Waals surface area (Å²) in [6.07, 6.45) is 0.907. The van der Waals surface area contributed by atoms with E-state index in [2.05, 4.69) is 10.6 Å². The standard InChI is InChI=1S/C13H18N2O/c1-10-3-5-11(6-4-10)15-12(16)13(2)7-8-14-9-13/h3-6,14H,7-9H2,1-2H3,(H,15,16). The highest BCUT2D eigenvalue weighted by Crippen LogP contribution is 2.26. The molecule has 2 N–H and O–H groups in total. The Balaban J connectivity index is 2.04. The molecule has 0 aromatic heterocycles. The van der Waals surface area contributed by atoms with Gasteiger partial charge in [-0.05, 0) is 38.9 Å². The van der Waals surface area contributed by atoms with Crippen LogP contribution in [0.1, 0.15) is 18.9 Å². The van der Waals surface area contributed by atoms with Gasteiger partial charge in [0.1, 0.15) is 0 Å². The molecule has 1 aromatic rings. The summed E-state index contributed by atoms with van der Waals surface area (Å²) in [4.78, 5) is 12.1. The molecule has 1 aliphatic heterocycles. The number of hydrogen-bond donors (Lipinski definition) is 2. The Morgan fingerprint density at radius 1 is 1.38 bits per heavy atom. The Kier molecular flexibility index (Phi) is 2.97. The van der Waals surface area contributed by atoms with Crippen LogP contribution >= 0.6 is 0 Å². The Morgan fingerprint density at radius 2 is 2.06 bits per heavy atom. The van der Waals surface area contributed by atoms with Crippen LogP contribution in [0.5, 0.6) is 0 Å². The molecule has 0 spiro atoms. The topological polar surface area (TPSA) is 41.1 Å². The summed E-state index contributed by atoms with van der Waals surface area (Å²) >= 11 is 0. The monoisotopic (exact) mass is 218 g/mol. The second-order valence-electron chi connectivity index (χ2n) is 4.81. The lowest BCUT2D eigenvalue weighted by molar-refractivity contribution is -0.123. The predicted molar refractivity (Wildman–Crippen MR) is 65.4 cm³/mol. The maximum Gasteiger partial charge on any atom is 0.231 e. The first-order valence-electron chi connectivity index (χ1n) is 5.69. The molecule has 1 heterocycles. The van der Waals surface area contributed by atoms with Gasteiger partial charge in [0.2, 0.25) is 5.91 Å². The Hall–Kier alpha value is -1.35. The van der Waals surface area contributed by atoms with Crippen molar-refractivity contribution >= 4 is 11.6 Å². The summed E-state index contributed by atoms with van der Waals surface area (Å²) in [6.45, 7) is 5.74. The summed E-state index contributed by atoms with van der Waals surface area (Å²) in [7, 11) is 0. The Bertz CT molecular complexity index is 377. The molecule has 0 radical (unpaired) electrons. The first kappa shape index (κ1) is 11.1. The zero-order valence-electron chi connectivity index (χ0n) is 9.84. The molecule has 3 nitrogen and oxygen atoms in total. The van der Waals surface area contributed by atoms with Gasteiger partial charge in [-0.25, -0.2) is 0 Å². The third-order valence-electron chi connectivity index (χ3n) is 3.23. The fraction of sp³-hybridized carbons (Fsp3) is 0.462. The van der Waals surface area contributed by atoms with E-state index >= 15 is 0 Å². The summed E-state index contributed by atoms with van der Waals surface area (Å²) in [5.41, 5.74) is 1.82. The molecule has 0 bridgehead atoms. The van der Waals surface area contributed by atoms with Crippen LogP contribution in [0.2, 0.25) is 0 Å². The lowest BCUT2D eigenvalue weighted by atomic mass is 9.89. The molecule has 1 aromatic carbocycles. The number of aryl methyl sites for hydroxylation is 1. The van der Waals surface area contributed by atoms with Crippen LogP contribution in [0.25, 0.3) is 0 Å². The van der Waals surface area contributed by atoms with Gasteiger partial charge in [0.05, 0.1) is 5.41 Å². The minimum absolute atomic E-state index is 0.112. The van der Waals surface area contributed by atoms with E-state index in [1.807, 2.05) is 38.1 Å². The van der Waals surface area contributed by atoms with Crippen molar-refractivity contribution in [2.75, 3.05) is 18.4 Å². The normalized spacial score (nSPS) is 24.4. The molecular formula is C13H18N2O. The number of benzene rings is 1. The Labute approximate surface area is 96.2 Å². The van der Waals surface area contributed by atoms with Crippen molar-refractivity contribution in [2.45, 2.75) is 20.3 Å². The molecule has 1 saturated heterocycles. The lowest BCUT2D eigenvalue weighted by Gasteiger charge is -2.21. The van der Waals surface area contributed by atoms with E-state index < -0.39 is 0 Å². The van der Waals surface area contributed by atoms with E-state index in [0.717, 1.165) is 25.2 Å². The van der Waals surface area contributed by atoms with Gasteiger partial charge in [0, 0.05) is 12.2 Å². The molecule has 1 atom stereocenters. The van der Waals surface area contributed by atoms with Crippen molar-refractivity contribution in [3.8, 4) is 0 Å². The number of carbonyl (C=O) groups is 1. The molecule has 3 heteroatoms. The van der Waals surface area contributed by atoms with Crippen molar-refractivity contribution in [3.63, 3.8) is 0 Å². The van der Waals surface area contributed by atoms with Gasteiger partial charge < -0.3 is 10.6 Å². The minimum atomic E-state index is -0.259. The molecule has 1 amide bonds. The number of anilines is 1. The lowest BCUT2D eigenvalue weighted by Crippen LogP contribution is -2.35. The number of carbonyl (C=O) groups excluding carboxylic acids is 1. The van der Waals surface area contributed by atoms with Gasteiger partial charge in [-0.3, -0.25) is 4.79 Å². The zero-order valence-corrected chi connectivity index (χ0v) is 9.84. The SMILES string of the molecule is Cc1ccc(NC(=O)C2(C)CCNC2)cc1. The van der Waals surface area contributed by atoms with Crippen molar-refractivity contribution < 1.29 is 4.79 Å². The molecule has 0 aliphatic carbocycles. The highest BCUT2D eigenvalue weighted by molar-refractivity contribution is 5.95. The smallest absolute Gasteiger partial charge is 0.231 e. The van der Waals surface area contributed by atoms with Gasteiger partial charge in [-0.2, -0.15) is 0 Å². The fourth-order valence-electron chi connectivity index (χ4n) is 1.93. The summed E-state index contributed by atoms with van der Waals surface area (Å²) in [6, 6.07) is 7.90. The van der Waals surface area contributed by atoms with E-state index in [1.54, 1.807) is 0 Å². The molecule has 1 aliphatic rings. The molecule has 2 rings (SSSR count). The molecule has 0 saturated carbocycles. The van der Waals surface area contributed by atoms with Crippen LogP contribution < -0.4 is 10.6 Å². The van der Waals surface area contributed by atoms with Gasteiger partial charge in [-0.15, -0.1) is 0 Å². The highest BCUT2D eigenvalue weighted by atomic mass is 16.2. The third-order valence-corrected chi connectivity index (χ3v) is 3.23. The van der Waals surface area contributed by atoms with Crippen molar-refractivity contribution in [3.05, 3.63) is 29.8 Å². The van der Waals surface area contributed by atoms with E-state index in [4.69, 9.17) is 0 Å². The zero-order chi connectivity index (χ0) is 11.6. The second kappa shape index (κ2) is 4.26. The van der Waals surface area contributed by atoms with Crippen molar-refractivity contribution in [1.82, 2.24) is 5.32 Å². The maximum absolute atomic E-state index is 12.1. The number of rotatable bonds is 2. The maximum atomic E-state index is 12.1. The predicted octanol–water partition coefficient (Wildman–Crippen LogP) is 1.93. The molecule has 86 valence electrons. The first-order valence-corrected chi connectivity index (χ1v) is 5.69. The average Bonchev–Trinajstić information content (AvgIpc) is 2.70. The van der Waals surface area contributed by atoms with Crippen LogP contribution in [0.15, 0.2) is 24.3 Å². The third kappa shape index (κ3) is 2.25. The van der Waals surface area contributed by atoms with E-state index in [0.29, 0.717) is 0 Å². The van der Waals surface area contributed by atoms with Crippen LogP contribution in [-0.4, -0.2) is 19.0 Å². The first-order chi connectivity index (χ1) is 7.60.